The van der Waals surface area contributed by atoms with Crippen molar-refractivity contribution < 1.29 is 4.79 Å². The summed E-state index contributed by atoms with van der Waals surface area (Å²) in [6.45, 7) is 11.0. The minimum atomic E-state index is 0.188. The van der Waals surface area contributed by atoms with Crippen molar-refractivity contribution >= 4 is 5.78 Å². The maximum absolute atomic E-state index is 12.6. The zero-order chi connectivity index (χ0) is 15.2. The van der Waals surface area contributed by atoms with Crippen molar-refractivity contribution in [2.75, 3.05) is 0 Å². The molecule has 0 heterocycles. The van der Waals surface area contributed by atoms with E-state index in [4.69, 9.17) is 0 Å². The average molecular weight is 274 g/mol. The number of benzene rings is 1. The lowest BCUT2D eigenvalue weighted by Crippen LogP contribution is -2.17. The normalized spacial score (nSPS) is 11.9. The smallest absolute Gasteiger partial charge is 0.165 e. The van der Waals surface area contributed by atoms with Gasteiger partial charge in [-0.05, 0) is 30.2 Å². The highest BCUT2D eigenvalue weighted by atomic mass is 16.1. The van der Waals surface area contributed by atoms with Gasteiger partial charge >= 0.3 is 0 Å². The first kappa shape index (κ1) is 16.9. The van der Waals surface area contributed by atoms with Gasteiger partial charge in [0, 0.05) is 11.5 Å². The van der Waals surface area contributed by atoms with Gasteiger partial charge in [-0.3, -0.25) is 4.79 Å². The Labute approximate surface area is 124 Å². The first-order valence-corrected chi connectivity index (χ1v) is 8.11. The standard InChI is InChI=1S/C19H30O/c1-6-9-15(10-7-2)18(20)16-11-13-17(14-12-16)19(4,5)8-3/h11-15H,6-10H2,1-5H3. The Morgan fingerprint density at radius 3 is 1.90 bits per heavy atom. The number of carbonyl (C=O) groups is 1. The van der Waals surface area contributed by atoms with Gasteiger partial charge < -0.3 is 0 Å². The molecule has 1 heteroatoms. The van der Waals surface area contributed by atoms with Crippen LogP contribution in [-0.2, 0) is 5.41 Å². The third kappa shape index (κ3) is 4.19. The molecule has 1 nitrogen and oxygen atoms in total. The quantitative estimate of drug-likeness (QED) is 0.550. The van der Waals surface area contributed by atoms with Crippen molar-refractivity contribution in [3.8, 4) is 0 Å². The molecule has 0 aromatic heterocycles. The van der Waals surface area contributed by atoms with Gasteiger partial charge in [0.1, 0.15) is 0 Å². The second kappa shape index (κ2) is 7.61. The Bertz CT molecular complexity index is 408. The molecule has 0 aliphatic heterocycles. The highest BCUT2D eigenvalue weighted by Gasteiger charge is 2.21. The summed E-state index contributed by atoms with van der Waals surface area (Å²) in [5.41, 5.74) is 2.39. The second-order valence-corrected chi connectivity index (χ2v) is 6.45. The van der Waals surface area contributed by atoms with Crippen molar-refractivity contribution in [1.29, 1.82) is 0 Å². The molecule has 0 fully saturated rings. The van der Waals surface area contributed by atoms with Crippen molar-refractivity contribution in [2.45, 2.75) is 72.1 Å². The molecule has 20 heavy (non-hydrogen) atoms. The lowest BCUT2D eigenvalue weighted by molar-refractivity contribution is 0.0905. The lowest BCUT2D eigenvalue weighted by atomic mass is 9.81. The maximum atomic E-state index is 12.6. The summed E-state index contributed by atoms with van der Waals surface area (Å²) in [6.07, 6.45) is 5.28. The van der Waals surface area contributed by atoms with E-state index in [0.29, 0.717) is 5.78 Å². The average Bonchev–Trinajstić information content (AvgIpc) is 2.46. The summed E-state index contributed by atoms with van der Waals surface area (Å²) >= 11 is 0. The SMILES string of the molecule is CCCC(CCC)C(=O)c1ccc(C(C)(C)CC)cc1. The molecule has 0 aliphatic rings. The summed E-state index contributed by atoms with van der Waals surface area (Å²) in [4.78, 5) is 12.6. The van der Waals surface area contributed by atoms with E-state index in [0.717, 1.165) is 37.7 Å². The van der Waals surface area contributed by atoms with E-state index in [2.05, 4.69) is 46.8 Å². The minimum absolute atomic E-state index is 0.188. The van der Waals surface area contributed by atoms with Gasteiger partial charge in [0.25, 0.3) is 0 Å². The van der Waals surface area contributed by atoms with Crippen LogP contribution in [0.2, 0.25) is 0 Å². The fraction of sp³-hybridized carbons (Fsp3) is 0.632. The predicted octanol–water partition coefficient (Wildman–Crippen LogP) is 5.77. The van der Waals surface area contributed by atoms with E-state index in [1.807, 2.05) is 12.1 Å². The number of hydrogen-bond donors (Lipinski definition) is 0. The van der Waals surface area contributed by atoms with E-state index >= 15 is 0 Å². The van der Waals surface area contributed by atoms with E-state index < -0.39 is 0 Å². The fourth-order valence-electron chi connectivity index (χ4n) is 2.63. The minimum Gasteiger partial charge on any atom is -0.294 e. The molecule has 112 valence electrons. The summed E-state index contributed by atoms with van der Waals surface area (Å²) in [6, 6.07) is 8.30. The van der Waals surface area contributed by atoms with E-state index in [-0.39, 0.29) is 11.3 Å². The Balaban J connectivity index is 2.89. The first-order chi connectivity index (χ1) is 9.46. The zero-order valence-electron chi connectivity index (χ0n) is 13.8. The van der Waals surface area contributed by atoms with Crippen LogP contribution in [0.3, 0.4) is 0 Å². The van der Waals surface area contributed by atoms with Crippen LogP contribution in [0.5, 0.6) is 0 Å². The van der Waals surface area contributed by atoms with Crippen molar-refractivity contribution in [2.24, 2.45) is 5.92 Å². The molecule has 0 saturated heterocycles. The zero-order valence-corrected chi connectivity index (χ0v) is 13.8. The third-order valence-corrected chi connectivity index (χ3v) is 4.48. The predicted molar refractivity (Wildman–Crippen MR) is 87.4 cm³/mol. The van der Waals surface area contributed by atoms with Crippen LogP contribution < -0.4 is 0 Å². The molecule has 1 aromatic carbocycles. The monoisotopic (exact) mass is 274 g/mol. The van der Waals surface area contributed by atoms with Crippen LogP contribution in [0.4, 0.5) is 0 Å². The Morgan fingerprint density at radius 2 is 1.50 bits per heavy atom. The van der Waals surface area contributed by atoms with Crippen molar-refractivity contribution in [3.05, 3.63) is 35.4 Å². The van der Waals surface area contributed by atoms with Crippen LogP contribution in [0.25, 0.3) is 0 Å². The Kier molecular flexibility index (Phi) is 6.45. The summed E-state index contributed by atoms with van der Waals surface area (Å²) in [5.74, 6) is 0.532. The van der Waals surface area contributed by atoms with E-state index in [1.54, 1.807) is 0 Å². The molecule has 0 N–H and O–H groups in total. The van der Waals surface area contributed by atoms with Crippen LogP contribution in [0.1, 0.15) is 82.6 Å². The molecule has 0 unspecified atom stereocenters. The van der Waals surface area contributed by atoms with Crippen molar-refractivity contribution in [1.82, 2.24) is 0 Å². The third-order valence-electron chi connectivity index (χ3n) is 4.48. The fourth-order valence-corrected chi connectivity index (χ4v) is 2.63. The Hall–Kier alpha value is -1.11. The van der Waals surface area contributed by atoms with Gasteiger partial charge in [0.2, 0.25) is 0 Å². The summed E-state index contributed by atoms with van der Waals surface area (Å²) < 4.78 is 0. The van der Waals surface area contributed by atoms with Crippen LogP contribution in [0, 0.1) is 5.92 Å². The lowest BCUT2D eigenvalue weighted by Gasteiger charge is -2.23. The molecule has 0 radical (unpaired) electrons. The maximum Gasteiger partial charge on any atom is 0.165 e. The summed E-state index contributed by atoms with van der Waals surface area (Å²) in [7, 11) is 0. The first-order valence-electron chi connectivity index (χ1n) is 8.11. The van der Waals surface area contributed by atoms with Gasteiger partial charge in [-0.15, -0.1) is 0 Å². The van der Waals surface area contributed by atoms with E-state index in [9.17, 15) is 4.79 Å². The second-order valence-electron chi connectivity index (χ2n) is 6.45. The number of carbonyl (C=O) groups excluding carboxylic acids is 1. The molecular formula is C19H30O. The van der Waals surface area contributed by atoms with Gasteiger partial charge in [0.05, 0.1) is 0 Å². The van der Waals surface area contributed by atoms with Gasteiger partial charge in [-0.1, -0.05) is 71.7 Å². The van der Waals surface area contributed by atoms with Crippen LogP contribution >= 0.6 is 0 Å². The van der Waals surface area contributed by atoms with Gasteiger partial charge in [0.15, 0.2) is 5.78 Å². The molecule has 0 spiro atoms. The molecule has 0 bridgehead atoms. The number of rotatable bonds is 8. The molecule has 0 aliphatic carbocycles. The molecule has 1 aromatic rings. The molecule has 1 rings (SSSR count). The molecule has 0 atom stereocenters. The Morgan fingerprint density at radius 1 is 1.00 bits per heavy atom. The largest absolute Gasteiger partial charge is 0.294 e. The number of ketones is 1. The number of Topliss-reactive ketones (excluding diaryl/α,β-unsaturated/α-hetero) is 1. The van der Waals surface area contributed by atoms with Crippen LogP contribution in [0.15, 0.2) is 24.3 Å². The van der Waals surface area contributed by atoms with Gasteiger partial charge in [-0.2, -0.15) is 0 Å². The molecular weight excluding hydrogens is 244 g/mol. The van der Waals surface area contributed by atoms with Crippen LogP contribution in [-0.4, -0.2) is 5.78 Å². The summed E-state index contributed by atoms with van der Waals surface area (Å²) in [5, 5.41) is 0. The van der Waals surface area contributed by atoms with Gasteiger partial charge in [-0.25, -0.2) is 0 Å². The van der Waals surface area contributed by atoms with Crippen molar-refractivity contribution in [3.63, 3.8) is 0 Å². The topological polar surface area (TPSA) is 17.1 Å². The van der Waals surface area contributed by atoms with E-state index in [1.165, 1.54) is 5.56 Å². The highest BCUT2D eigenvalue weighted by Crippen LogP contribution is 2.27. The number of hydrogen-bond acceptors (Lipinski definition) is 1. The molecule has 0 saturated carbocycles. The molecule has 0 amide bonds. The highest BCUT2D eigenvalue weighted by molar-refractivity contribution is 5.97.